The molecule has 1 radical (unpaired) electrons. The number of aryl methyl sites for hydroxylation is 2. The molecule has 1 rings (SSSR count). The third-order valence-electron chi connectivity index (χ3n) is 1.56. The Balaban J connectivity index is 2.98. The molecule has 0 aliphatic carbocycles. The van der Waals surface area contributed by atoms with Gasteiger partial charge in [-0.05, 0) is 19.4 Å². The van der Waals surface area contributed by atoms with Crippen molar-refractivity contribution in [2.75, 3.05) is 0 Å². The Kier molecular flexibility index (Phi) is 2.42. The lowest BCUT2D eigenvalue weighted by atomic mass is 10.1. The normalized spacial score (nSPS) is 9.64. The maximum absolute atomic E-state index is 10.1. The second-order valence-electron chi connectivity index (χ2n) is 2.82. The minimum Gasteiger partial charge on any atom is -0.291 e. The average molecular weight is 147 g/mol. The Hall–Kier alpha value is -1.11. The second kappa shape index (κ2) is 3.33. The number of benzene rings is 1. The summed E-state index contributed by atoms with van der Waals surface area (Å²) >= 11 is 0. The highest BCUT2D eigenvalue weighted by Gasteiger charge is 1.94. The Morgan fingerprint density at radius 3 is 2.18 bits per heavy atom. The lowest BCUT2D eigenvalue weighted by Gasteiger charge is -1.99. The first-order valence-corrected chi connectivity index (χ1v) is 3.64. The van der Waals surface area contributed by atoms with Crippen molar-refractivity contribution in [2.24, 2.45) is 0 Å². The lowest BCUT2D eigenvalue weighted by molar-refractivity contribution is 0.555. The molecule has 0 atom stereocenters. The van der Waals surface area contributed by atoms with Crippen molar-refractivity contribution in [3.05, 3.63) is 34.9 Å². The summed E-state index contributed by atoms with van der Waals surface area (Å²) in [6, 6.07) is 6.12. The maximum Gasteiger partial charge on any atom is 0.203 e. The summed E-state index contributed by atoms with van der Waals surface area (Å²) in [6.07, 6.45) is 2.29. The fourth-order valence-electron chi connectivity index (χ4n) is 1.25. The third kappa shape index (κ3) is 2.19. The van der Waals surface area contributed by atoms with E-state index in [9.17, 15) is 4.79 Å². The van der Waals surface area contributed by atoms with Crippen molar-refractivity contribution >= 4 is 6.29 Å². The average Bonchev–Trinajstić information content (AvgIpc) is 1.85. The molecule has 0 fully saturated rings. The molecule has 0 aromatic heterocycles. The van der Waals surface area contributed by atoms with Crippen LogP contribution in [-0.4, -0.2) is 6.29 Å². The zero-order chi connectivity index (χ0) is 8.27. The second-order valence-corrected chi connectivity index (χ2v) is 2.82. The molecule has 0 aliphatic rings. The molecular weight excluding hydrogens is 136 g/mol. The van der Waals surface area contributed by atoms with Crippen molar-refractivity contribution in [2.45, 2.75) is 20.3 Å². The van der Waals surface area contributed by atoms with Crippen molar-refractivity contribution in [1.29, 1.82) is 0 Å². The first-order chi connectivity index (χ1) is 5.22. The highest BCUT2D eigenvalue weighted by Crippen LogP contribution is 2.08. The van der Waals surface area contributed by atoms with Crippen molar-refractivity contribution in [3.8, 4) is 0 Å². The standard InChI is InChI=1S/C10H11O/c1-8-5-9(2)7-10(6-8)3-4-11/h5-7H,3H2,1-2H3. The highest BCUT2D eigenvalue weighted by atomic mass is 16.1. The number of hydrogen-bond acceptors (Lipinski definition) is 1. The first-order valence-electron chi connectivity index (χ1n) is 3.64. The van der Waals surface area contributed by atoms with Crippen LogP contribution < -0.4 is 0 Å². The molecule has 0 saturated carbocycles. The minimum atomic E-state index is 0.405. The van der Waals surface area contributed by atoms with Crippen LogP contribution in [-0.2, 0) is 11.2 Å². The van der Waals surface area contributed by atoms with E-state index in [2.05, 4.69) is 6.07 Å². The Morgan fingerprint density at radius 2 is 1.73 bits per heavy atom. The summed E-state index contributed by atoms with van der Waals surface area (Å²) in [5, 5.41) is 0. The zero-order valence-corrected chi connectivity index (χ0v) is 6.85. The van der Waals surface area contributed by atoms with Crippen molar-refractivity contribution in [1.82, 2.24) is 0 Å². The van der Waals surface area contributed by atoms with Crippen LogP contribution in [0.5, 0.6) is 0 Å². The Morgan fingerprint density at radius 1 is 1.18 bits per heavy atom. The summed E-state index contributed by atoms with van der Waals surface area (Å²) < 4.78 is 0. The SMILES string of the molecule is Cc1cc(C)cc(C[C]=O)c1. The molecule has 1 aromatic carbocycles. The van der Waals surface area contributed by atoms with Gasteiger partial charge >= 0.3 is 0 Å². The van der Waals surface area contributed by atoms with Gasteiger partial charge in [-0.25, -0.2) is 0 Å². The molecule has 0 unspecified atom stereocenters. The highest BCUT2D eigenvalue weighted by molar-refractivity contribution is 5.56. The first kappa shape index (κ1) is 7.99. The van der Waals surface area contributed by atoms with Crippen LogP contribution in [0.4, 0.5) is 0 Å². The van der Waals surface area contributed by atoms with Crippen LogP contribution in [0.3, 0.4) is 0 Å². The van der Waals surface area contributed by atoms with Gasteiger partial charge < -0.3 is 0 Å². The van der Waals surface area contributed by atoms with Gasteiger partial charge in [-0.2, -0.15) is 0 Å². The van der Waals surface area contributed by atoms with Crippen LogP contribution in [0.15, 0.2) is 18.2 Å². The fraction of sp³-hybridized carbons (Fsp3) is 0.300. The molecule has 0 aliphatic heterocycles. The molecule has 0 bridgehead atoms. The van der Waals surface area contributed by atoms with E-state index < -0.39 is 0 Å². The van der Waals surface area contributed by atoms with E-state index in [1.54, 1.807) is 0 Å². The van der Waals surface area contributed by atoms with Crippen molar-refractivity contribution in [3.63, 3.8) is 0 Å². The van der Waals surface area contributed by atoms with Gasteiger partial charge in [-0.3, -0.25) is 4.79 Å². The van der Waals surface area contributed by atoms with E-state index in [0.717, 1.165) is 5.56 Å². The topological polar surface area (TPSA) is 17.1 Å². The molecular formula is C10H11O. The van der Waals surface area contributed by atoms with Gasteiger partial charge in [-0.15, -0.1) is 0 Å². The van der Waals surface area contributed by atoms with Crippen LogP contribution in [0.2, 0.25) is 0 Å². The molecule has 0 heterocycles. The van der Waals surface area contributed by atoms with E-state index in [0.29, 0.717) is 6.42 Å². The molecule has 1 aromatic rings. The smallest absolute Gasteiger partial charge is 0.203 e. The monoisotopic (exact) mass is 147 g/mol. The minimum absolute atomic E-state index is 0.405. The molecule has 11 heavy (non-hydrogen) atoms. The number of hydrogen-bond donors (Lipinski definition) is 0. The predicted octanol–water partition coefficient (Wildman–Crippen LogP) is 1.96. The molecule has 1 nitrogen and oxygen atoms in total. The van der Waals surface area contributed by atoms with Gasteiger partial charge in [0.1, 0.15) is 0 Å². The zero-order valence-electron chi connectivity index (χ0n) is 6.85. The quantitative estimate of drug-likeness (QED) is 0.625. The van der Waals surface area contributed by atoms with Gasteiger partial charge in [0.25, 0.3) is 0 Å². The van der Waals surface area contributed by atoms with Crippen LogP contribution in [0.25, 0.3) is 0 Å². The molecule has 57 valence electrons. The van der Waals surface area contributed by atoms with E-state index >= 15 is 0 Å². The van der Waals surface area contributed by atoms with Crippen LogP contribution >= 0.6 is 0 Å². The summed E-state index contributed by atoms with van der Waals surface area (Å²) in [5.41, 5.74) is 3.46. The van der Waals surface area contributed by atoms with Crippen LogP contribution in [0.1, 0.15) is 16.7 Å². The van der Waals surface area contributed by atoms with Gasteiger partial charge in [0.15, 0.2) is 0 Å². The number of carbonyl (C=O) groups excluding carboxylic acids is 1. The molecule has 0 saturated heterocycles. The van der Waals surface area contributed by atoms with E-state index in [-0.39, 0.29) is 0 Å². The van der Waals surface area contributed by atoms with Gasteiger partial charge in [0.05, 0.1) is 0 Å². The molecule has 1 heteroatoms. The third-order valence-corrected chi connectivity index (χ3v) is 1.56. The lowest BCUT2D eigenvalue weighted by Crippen LogP contribution is -1.87. The van der Waals surface area contributed by atoms with Gasteiger partial charge in [0, 0.05) is 6.42 Å². The van der Waals surface area contributed by atoms with Crippen molar-refractivity contribution < 1.29 is 4.79 Å². The van der Waals surface area contributed by atoms with Gasteiger partial charge in [-0.1, -0.05) is 29.3 Å². The molecule has 0 N–H and O–H groups in total. The van der Waals surface area contributed by atoms with Crippen LogP contribution in [0, 0.1) is 13.8 Å². The van der Waals surface area contributed by atoms with Gasteiger partial charge in [0.2, 0.25) is 6.29 Å². The summed E-state index contributed by atoms with van der Waals surface area (Å²) in [6.45, 7) is 4.06. The van der Waals surface area contributed by atoms with E-state index in [1.807, 2.05) is 32.3 Å². The fourth-order valence-corrected chi connectivity index (χ4v) is 1.25. The number of rotatable bonds is 2. The Labute approximate surface area is 67.1 Å². The maximum atomic E-state index is 10.1. The largest absolute Gasteiger partial charge is 0.291 e. The summed E-state index contributed by atoms with van der Waals surface area (Å²) in [7, 11) is 0. The molecule has 0 amide bonds. The van der Waals surface area contributed by atoms with E-state index in [4.69, 9.17) is 0 Å². The predicted molar refractivity (Wildman–Crippen MR) is 45.3 cm³/mol. The summed E-state index contributed by atoms with van der Waals surface area (Å²) in [5.74, 6) is 0. The molecule has 0 spiro atoms. The Bertz CT molecular complexity index is 243. The summed E-state index contributed by atoms with van der Waals surface area (Å²) in [4.78, 5) is 10.1. The van der Waals surface area contributed by atoms with E-state index in [1.165, 1.54) is 11.1 Å².